The van der Waals surface area contributed by atoms with E-state index in [1.165, 1.54) is 0 Å². The Kier molecular flexibility index (Phi) is 4.53. The van der Waals surface area contributed by atoms with Crippen molar-refractivity contribution in [2.24, 2.45) is 0 Å². The summed E-state index contributed by atoms with van der Waals surface area (Å²) in [6.07, 6.45) is 3.88. The maximum Gasteiger partial charge on any atom is 0.129 e. The van der Waals surface area contributed by atoms with Crippen LogP contribution in [0.5, 0.6) is 0 Å². The first-order valence-corrected chi connectivity index (χ1v) is 5.75. The van der Waals surface area contributed by atoms with Crippen LogP contribution in [0.25, 0.3) is 0 Å². The summed E-state index contributed by atoms with van der Waals surface area (Å²) in [5.74, 6) is 1.40. The van der Waals surface area contributed by atoms with Crippen molar-refractivity contribution >= 4 is 5.82 Å². The van der Waals surface area contributed by atoms with Crippen molar-refractivity contribution in [1.29, 1.82) is 0 Å². The van der Waals surface area contributed by atoms with Gasteiger partial charge in [-0.15, -0.1) is 0 Å². The van der Waals surface area contributed by atoms with Crippen LogP contribution in [0.1, 0.15) is 52.1 Å². The Balaban J connectivity index is 2.72. The third kappa shape index (κ3) is 3.50. The van der Waals surface area contributed by atoms with E-state index >= 15 is 0 Å². The second-order valence-corrected chi connectivity index (χ2v) is 4.14. The van der Waals surface area contributed by atoms with Crippen molar-refractivity contribution in [3.8, 4) is 0 Å². The van der Waals surface area contributed by atoms with E-state index in [0.29, 0.717) is 12.0 Å². The number of nitrogens with zero attached hydrogens (tertiary/aromatic N) is 2. The highest BCUT2D eigenvalue weighted by Gasteiger charge is 2.06. The standard InChI is InChI=1S/C12H21N3/c1-5-10(6-2)15-12-7-11(9(3)4)13-8-14-12/h7-10H,5-6H2,1-4H3,(H,13,14,15). The van der Waals surface area contributed by atoms with Gasteiger partial charge in [0.15, 0.2) is 0 Å². The van der Waals surface area contributed by atoms with Gasteiger partial charge < -0.3 is 5.32 Å². The molecular formula is C12H21N3. The second kappa shape index (κ2) is 5.69. The van der Waals surface area contributed by atoms with E-state index in [2.05, 4.69) is 43.0 Å². The summed E-state index contributed by atoms with van der Waals surface area (Å²) < 4.78 is 0. The molecule has 3 nitrogen and oxygen atoms in total. The molecule has 0 saturated carbocycles. The highest BCUT2D eigenvalue weighted by atomic mass is 15.0. The Bertz CT molecular complexity index is 293. The molecule has 0 aliphatic carbocycles. The van der Waals surface area contributed by atoms with Crippen molar-refractivity contribution in [1.82, 2.24) is 9.97 Å². The molecule has 1 rings (SSSR count). The van der Waals surface area contributed by atoms with Crippen LogP contribution in [0, 0.1) is 0 Å². The molecule has 1 heterocycles. The molecule has 1 N–H and O–H groups in total. The lowest BCUT2D eigenvalue weighted by atomic mass is 10.1. The van der Waals surface area contributed by atoms with E-state index in [9.17, 15) is 0 Å². The van der Waals surface area contributed by atoms with Crippen LogP contribution in [0.2, 0.25) is 0 Å². The van der Waals surface area contributed by atoms with Gasteiger partial charge in [-0.3, -0.25) is 0 Å². The molecule has 15 heavy (non-hydrogen) atoms. The lowest BCUT2D eigenvalue weighted by molar-refractivity contribution is 0.667. The summed E-state index contributed by atoms with van der Waals surface area (Å²) in [6, 6.07) is 2.56. The van der Waals surface area contributed by atoms with Crippen LogP contribution in [0.15, 0.2) is 12.4 Å². The third-order valence-corrected chi connectivity index (χ3v) is 2.62. The summed E-state index contributed by atoms with van der Waals surface area (Å²) in [5, 5.41) is 3.42. The number of nitrogens with one attached hydrogen (secondary N) is 1. The minimum Gasteiger partial charge on any atom is -0.367 e. The smallest absolute Gasteiger partial charge is 0.129 e. The summed E-state index contributed by atoms with van der Waals surface area (Å²) in [6.45, 7) is 8.66. The molecule has 0 atom stereocenters. The molecule has 1 aromatic heterocycles. The Labute approximate surface area is 92.3 Å². The van der Waals surface area contributed by atoms with Gasteiger partial charge in [-0.25, -0.2) is 9.97 Å². The summed E-state index contributed by atoms with van der Waals surface area (Å²) in [7, 11) is 0. The number of hydrogen-bond donors (Lipinski definition) is 1. The largest absolute Gasteiger partial charge is 0.367 e. The second-order valence-electron chi connectivity index (χ2n) is 4.14. The summed E-state index contributed by atoms with van der Waals surface area (Å²) >= 11 is 0. The zero-order chi connectivity index (χ0) is 11.3. The van der Waals surface area contributed by atoms with Gasteiger partial charge in [0.2, 0.25) is 0 Å². The average molecular weight is 207 g/mol. The molecule has 0 fully saturated rings. The fourth-order valence-corrected chi connectivity index (χ4v) is 1.47. The van der Waals surface area contributed by atoms with Crippen molar-refractivity contribution in [2.75, 3.05) is 5.32 Å². The molecule has 3 heteroatoms. The van der Waals surface area contributed by atoms with E-state index in [-0.39, 0.29) is 0 Å². The van der Waals surface area contributed by atoms with Crippen molar-refractivity contribution < 1.29 is 0 Å². The zero-order valence-corrected chi connectivity index (χ0v) is 10.1. The maximum atomic E-state index is 4.25. The third-order valence-electron chi connectivity index (χ3n) is 2.62. The van der Waals surface area contributed by atoms with Crippen LogP contribution in [0.4, 0.5) is 5.82 Å². The molecule has 0 bridgehead atoms. The van der Waals surface area contributed by atoms with Gasteiger partial charge in [-0.2, -0.15) is 0 Å². The van der Waals surface area contributed by atoms with Crippen LogP contribution >= 0.6 is 0 Å². The molecular weight excluding hydrogens is 186 g/mol. The van der Waals surface area contributed by atoms with Crippen LogP contribution in [0.3, 0.4) is 0 Å². The first kappa shape index (κ1) is 12.0. The molecule has 0 unspecified atom stereocenters. The fourth-order valence-electron chi connectivity index (χ4n) is 1.47. The van der Waals surface area contributed by atoms with Crippen molar-refractivity contribution in [3.63, 3.8) is 0 Å². The van der Waals surface area contributed by atoms with E-state index in [1.54, 1.807) is 6.33 Å². The van der Waals surface area contributed by atoms with Crippen molar-refractivity contribution in [3.05, 3.63) is 18.1 Å². The minimum atomic E-state index is 0.454. The van der Waals surface area contributed by atoms with Crippen LogP contribution in [-0.2, 0) is 0 Å². The van der Waals surface area contributed by atoms with Gasteiger partial charge >= 0.3 is 0 Å². The lowest BCUT2D eigenvalue weighted by Gasteiger charge is -2.16. The zero-order valence-electron chi connectivity index (χ0n) is 10.1. The molecule has 0 amide bonds. The predicted molar refractivity (Wildman–Crippen MR) is 64.1 cm³/mol. The number of hydrogen-bond acceptors (Lipinski definition) is 3. The topological polar surface area (TPSA) is 37.8 Å². The number of anilines is 1. The summed E-state index contributed by atoms with van der Waals surface area (Å²) in [4.78, 5) is 8.48. The SMILES string of the molecule is CCC(CC)Nc1cc(C(C)C)ncn1. The van der Waals surface area contributed by atoms with Gasteiger partial charge in [0.1, 0.15) is 12.1 Å². The quantitative estimate of drug-likeness (QED) is 0.805. The van der Waals surface area contributed by atoms with E-state index in [4.69, 9.17) is 0 Å². The fraction of sp³-hybridized carbons (Fsp3) is 0.667. The Morgan fingerprint density at radius 1 is 1.20 bits per heavy atom. The van der Waals surface area contributed by atoms with Gasteiger partial charge in [-0.05, 0) is 18.8 Å². The molecule has 0 spiro atoms. The molecule has 0 aliphatic heterocycles. The average Bonchev–Trinajstić information content (AvgIpc) is 2.26. The van der Waals surface area contributed by atoms with E-state index in [0.717, 1.165) is 24.4 Å². The Hall–Kier alpha value is -1.12. The molecule has 0 radical (unpaired) electrons. The minimum absolute atomic E-state index is 0.454. The number of rotatable bonds is 5. The van der Waals surface area contributed by atoms with Crippen LogP contribution in [-0.4, -0.2) is 16.0 Å². The van der Waals surface area contributed by atoms with E-state index < -0.39 is 0 Å². The van der Waals surface area contributed by atoms with E-state index in [1.807, 2.05) is 6.07 Å². The van der Waals surface area contributed by atoms with Gasteiger partial charge in [-0.1, -0.05) is 27.7 Å². The monoisotopic (exact) mass is 207 g/mol. The van der Waals surface area contributed by atoms with Crippen molar-refractivity contribution in [2.45, 2.75) is 52.5 Å². The first-order valence-electron chi connectivity index (χ1n) is 5.75. The van der Waals surface area contributed by atoms with Gasteiger partial charge in [0, 0.05) is 17.8 Å². The van der Waals surface area contributed by atoms with Gasteiger partial charge in [0.25, 0.3) is 0 Å². The Morgan fingerprint density at radius 2 is 1.87 bits per heavy atom. The predicted octanol–water partition coefficient (Wildman–Crippen LogP) is 3.20. The normalized spacial score (nSPS) is 11.1. The van der Waals surface area contributed by atoms with Gasteiger partial charge in [0.05, 0.1) is 0 Å². The Morgan fingerprint density at radius 3 is 2.40 bits per heavy atom. The number of aromatic nitrogens is 2. The highest BCUT2D eigenvalue weighted by molar-refractivity contribution is 5.36. The highest BCUT2D eigenvalue weighted by Crippen LogP contribution is 2.15. The lowest BCUT2D eigenvalue weighted by Crippen LogP contribution is -2.18. The molecule has 0 aromatic carbocycles. The molecule has 0 aliphatic rings. The molecule has 0 saturated heterocycles. The molecule has 84 valence electrons. The molecule has 1 aromatic rings. The van der Waals surface area contributed by atoms with Crippen LogP contribution < -0.4 is 5.32 Å². The maximum absolute atomic E-state index is 4.25. The first-order chi connectivity index (χ1) is 7.17. The summed E-state index contributed by atoms with van der Waals surface area (Å²) in [5.41, 5.74) is 1.10.